The third-order valence-electron chi connectivity index (χ3n) is 1.67. The van der Waals surface area contributed by atoms with E-state index in [-0.39, 0.29) is 24.0 Å². The summed E-state index contributed by atoms with van der Waals surface area (Å²) in [5.41, 5.74) is 9.45. The van der Waals surface area contributed by atoms with Crippen LogP contribution in [-0.4, -0.2) is 5.84 Å². The fourth-order valence-corrected chi connectivity index (χ4v) is 1.10. The largest absolute Gasteiger partial charge is 0.288 e. The van der Waals surface area contributed by atoms with Crippen LogP contribution in [0.4, 0.5) is 0 Å². The highest BCUT2D eigenvalue weighted by Crippen LogP contribution is 1.99. The average molecular weight is 290 g/mol. The SMILES string of the molecule is I.c1ccc(CC2=NNNN2)cc1. The van der Waals surface area contributed by atoms with Crippen LogP contribution in [0.1, 0.15) is 5.56 Å². The van der Waals surface area contributed by atoms with E-state index in [0.717, 1.165) is 12.3 Å². The lowest BCUT2D eigenvalue weighted by molar-refractivity contribution is 0.576. The first-order chi connectivity index (χ1) is 5.95. The molecule has 3 N–H and O–H groups in total. The van der Waals surface area contributed by atoms with Crippen molar-refractivity contribution in [1.29, 1.82) is 0 Å². The zero-order valence-corrected chi connectivity index (χ0v) is 9.28. The maximum atomic E-state index is 3.98. The topological polar surface area (TPSA) is 48.5 Å². The van der Waals surface area contributed by atoms with Gasteiger partial charge in [-0.25, -0.2) is 5.53 Å². The highest BCUT2D eigenvalue weighted by molar-refractivity contribution is 14.0. The molecule has 0 aliphatic carbocycles. The normalized spacial score (nSPS) is 13.7. The van der Waals surface area contributed by atoms with Gasteiger partial charge in [-0.05, 0) is 5.56 Å². The van der Waals surface area contributed by atoms with E-state index in [9.17, 15) is 0 Å². The summed E-state index contributed by atoms with van der Waals surface area (Å²) < 4.78 is 0. The number of rotatable bonds is 2. The predicted octanol–water partition coefficient (Wildman–Crippen LogP) is 0.773. The number of benzene rings is 1. The fraction of sp³-hybridized carbons (Fsp3) is 0.125. The zero-order chi connectivity index (χ0) is 8.23. The molecular weight excluding hydrogens is 279 g/mol. The Bertz CT molecular complexity index is 285. The molecule has 0 spiro atoms. The van der Waals surface area contributed by atoms with Gasteiger partial charge in [0, 0.05) is 6.42 Å². The van der Waals surface area contributed by atoms with E-state index in [1.807, 2.05) is 18.2 Å². The average Bonchev–Trinajstić information content (AvgIpc) is 2.59. The predicted molar refractivity (Wildman–Crippen MR) is 62.4 cm³/mol. The molecule has 1 aromatic rings. The second kappa shape index (κ2) is 5.03. The van der Waals surface area contributed by atoms with Crippen molar-refractivity contribution in [2.45, 2.75) is 6.42 Å². The van der Waals surface area contributed by atoms with Crippen LogP contribution in [0.15, 0.2) is 35.4 Å². The van der Waals surface area contributed by atoms with Gasteiger partial charge in [0.2, 0.25) is 0 Å². The molecule has 1 aliphatic heterocycles. The van der Waals surface area contributed by atoms with Crippen LogP contribution in [0.2, 0.25) is 0 Å². The smallest absolute Gasteiger partial charge is 0.143 e. The van der Waals surface area contributed by atoms with Gasteiger partial charge < -0.3 is 0 Å². The first kappa shape index (κ1) is 10.3. The van der Waals surface area contributed by atoms with Crippen LogP contribution < -0.4 is 16.5 Å². The van der Waals surface area contributed by atoms with Crippen molar-refractivity contribution in [3.63, 3.8) is 0 Å². The maximum absolute atomic E-state index is 3.98. The number of hydrazine groups is 2. The molecule has 0 aromatic heterocycles. The van der Waals surface area contributed by atoms with Crippen molar-refractivity contribution in [3.05, 3.63) is 35.9 Å². The molecule has 4 nitrogen and oxygen atoms in total. The Morgan fingerprint density at radius 3 is 2.54 bits per heavy atom. The van der Waals surface area contributed by atoms with Crippen LogP contribution in [0.5, 0.6) is 0 Å². The molecule has 0 unspecified atom stereocenters. The van der Waals surface area contributed by atoms with Crippen molar-refractivity contribution < 1.29 is 0 Å². The van der Waals surface area contributed by atoms with Crippen molar-refractivity contribution >= 4 is 29.8 Å². The summed E-state index contributed by atoms with van der Waals surface area (Å²) in [6.45, 7) is 0. The summed E-state index contributed by atoms with van der Waals surface area (Å²) >= 11 is 0. The molecule has 0 atom stereocenters. The number of nitrogens with one attached hydrogen (secondary N) is 3. The molecule has 0 saturated heterocycles. The maximum Gasteiger partial charge on any atom is 0.143 e. The summed E-state index contributed by atoms with van der Waals surface area (Å²) in [5, 5.41) is 3.98. The monoisotopic (exact) mass is 290 g/mol. The molecular formula is C8H11IN4. The van der Waals surface area contributed by atoms with E-state index in [1.54, 1.807) is 0 Å². The van der Waals surface area contributed by atoms with Gasteiger partial charge in [-0.15, -0.1) is 34.6 Å². The molecule has 0 radical (unpaired) electrons. The molecule has 0 bridgehead atoms. The Labute approximate surface area is 93.8 Å². The summed E-state index contributed by atoms with van der Waals surface area (Å²) in [5.74, 6) is 0.904. The molecule has 5 heteroatoms. The fourth-order valence-electron chi connectivity index (χ4n) is 1.10. The Hall–Kier alpha value is -0.820. The van der Waals surface area contributed by atoms with Crippen molar-refractivity contribution in [2.75, 3.05) is 0 Å². The highest BCUT2D eigenvalue weighted by atomic mass is 127. The third-order valence-corrected chi connectivity index (χ3v) is 1.67. The van der Waals surface area contributed by atoms with Gasteiger partial charge in [-0.1, -0.05) is 30.3 Å². The minimum absolute atomic E-state index is 0. The first-order valence-electron chi connectivity index (χ1n) is 3.82. The first-order valence-corrected chi connectivity index (χ1v) is 3.82. The van der Waals surface area contributed by atoms with Crippen LogP contribution in [0.25, 0.3) is 0 Å². The number of hydrogen-bond acceptors (Lipinski definition) is 4. The minimum atomic E-state index is 0. The van der Waals surface area contributed by atoms with Crippen molar-refractivity contribution in [1.82, 2.24) is 16.5 Å². The second-order valence-corrected chi connectivity index (χ2v) is 2.58. The Kier molecular flexibility index (Phi) is 3.97. The lowest BCUT2D eigenvalue weighted by Crippen LogP contribution is -2.35. The van der Waals surface area contributed by atoms with Gasteiger partial charge in [0.15, 0.2) is 0 Å². The van der Waals surface area contributed by atoms with Crippen LogP contribution in [0.3, 0.4) is 0 Å². The third kappa shape index (κ3) is 2.85. The Morgan fingerprint density at radius 1 is 1.15 bits per heavy atom. The van der Waals surface area contributed by atoms with Crippen LogP contribution in [-0.2, 0) is 6.42 Å². The van der Waals surface area contributed by atoms with Crippen molar-refractivity contribution in [3.8, 4) is 0 Å². The number of halogens is 1. The minimum Gasteiger partial charge on any atom is -0.288 e. The van der Waals surface area contributed by atoms with Gasteiger partial charge >= 0.3 is 0 Å². The molecule has 70 valence electrons. The molecule has 0 saturated carbocycles. The van der Waals surface area contributed by atoms with Crippen molar-refractivity contribution in [2.24, 2.45) is 5.10 Å². The number of hydrazone groups is 1. The van der Waals surface area contributed by atoms with Crippen LogP contribution in [0, 0.1) is 0 Å². The van der Waals surface area contributed by atoms with E-state index in [4.69, 9.17) is 0 Å². The quantitative estimate of drug-likeness (QED) is 0.705. The number of amidine groups is 1. The molecule has 1 aliphatic rings. The van der Waals surface area contributed by atoms with Gasteiger partial charge in [0.25, 0.3) is 0 Å². The van der Waals surface area contributed by atoms with Gasteiger partial charge in [0.1, 0.15) is 5.84 Å². The summed E-state index contributed by atoms with van der Waals surface area (Å²) in [7, 11) is 0. The summed E-state index contributed by atoms with van der Waals surface area (Å²) in [4.78, 5) is 0. The molecule has 2 rings (SSSR count). The lowest BCUT2D eigenvalue weighted by atomic mass is 10.1. The highest BCUT2D eigenvalue weighted by Gasteiger charge is 2.03. The summed E-state index contributed by atoms with van der Waals surface area (Å²) in [6.07, 6.45) is 0.820. The molecule has 1 heterocycles. The number of nitrogens with zero attached hydrogens (tertiary/aromatic N) is 1. The Balaban J connectivity index is 0.000000845. The van der Waals surface area contributed by atoms with Gasteiger partial charge in [0.05, 0.1) is 0 Å². The van der Waals surface area contributed by atoms with E-state index in [1.165, 1.54) is 5.56 Å². The lowest BCUT2D eigenvalue weighted by Gasteiger charge is -1.99. The van der Waals surface area contributed by atoms with Gasteiger partial charge in [-0.3, -0.25) is 5.43 Å². The van der Waals surface area contributed by atoms with E-state index >= 15 is 0 Å². The molecule has 13 heavy (non-hydrogen) atoms. The standard InChI is InChI=1S/C8H10N4.HI/c1-2-4-7(5-3-1)6-8-9-11-12-10-8;/h1-5,11-12H,6H2,(H,9,10);1H. The second-order valence-electron chi connectivity index (χ2n) is 2.58. The number of hydrogen-bond donors (Lipinski definition) is 3. The van der Waals surface area contributed by atoms with E-state index < -0.39 is 0 Å². The van der Waals surface area contributed by atoms with E-state index in [2.05, 4.69) is 33.7 Å². The van der Waals surface area contributed by atoms with Crippen LogP contribution >= 0.6 is 24.0 Å². The summed E-state index contributed by atoms with van der Waals surface area (Å²) in [6, 6.07) is 10.2. The molecule has 0 amide bonds. The zero-order valence-electron chi connectivity index (χ0n) is 6.95. The molecule has 0 fully saturated rings. The Morgan fingerprint density at radius 2 is 1.92 bits per heavy atom. The van der Waals surface area contributed by atoms with E-state index in [0.29, 0.717) is 0 Å². The van der Waals surface area contributed by atoms with Gasteiger partial charge in [-0.2, -0.15) is 0 Å². The molecule has 1 aromatic carbocycles.